The number of aliphatic carboxylic acids is 1. The number of carboxylic acids is 1. The van der Waals surface area contributed by atoms with Gasteiger partial charge in [-0.1, -0.05) is 18.2 Å². The van der Waals surface area contributed by atoms with E-state index < -0.39 is 30.0 Å². The summed E-state index contributed by atoms with van der Waals surface area (Å²) in [4.78, 5) is 35.8. The molecule has 1 unspecified atom stereocenters. The number of anilines is 1. The van der Waals surface area contributed by atoms with E-state index in [-0.39, 0.29) is 23.6 Å². The Hall–Kier alpha value is -3.84. The quantitative estimate of drug-likeness (QED) is 0.175. The van der Waals surface area contributed by atoms with E-state index in [0.29, 0.717) is 28.8 Å². The molecule has 1 N–H and O–H groups in total. The summed E-state index contributed by atoms with van der Waals surface area (Å²) in [5.74, 6) is -3.87. The molecule has 42 heavy (non-hydrogen) atoms. The molecule has 7 nitrogen and oxygen atoms in total. The Balaban J connectivity index is 0.000000517. The van der Waals surface area contributed by atoms with Crippen LogP contribution in [0.4, 0.5) is 27.6 Å². The number of piperidine rings is 3. The van der Waals surface area contributed by atoms with Crippen LogP contribution >= 0.6 is 11.3 Å². The number of nitrogens with zero attached hydrogens (tertiary/aromatic N) is 1. The van der Waals surface area contributed by atoms with Gasteiger partial charge in [-0.05, 0) is 53.4 Å². The van der Waals surface area contributed by atoms with Gasteiger partial charge in [0.1, 0.15) is 30.7 Å². The van der Waals surface area contributed by atoms with Crippen molar-refractivity contribution < 1.29 is 50.7 Å². The number of ether oxygens (including phenoxy) is 1. The van der Waals surface area contributed by atoms with Crippen molar-refractivity contribution in [2.75, 3.05) is 31.5 Å². The molecule has 224 valence electrons. The molecule has 1 aromatic heterocycles. The van der Waals surface area contributed by atoms with Gasteiger partial charge in [-0.2, -0.15) is 13.2 Å². The van der Waals surface area contributed by atoms with E-state index in [0.717, 1.165) is 30.8 Å². The molecule has 3 aliphatic rings. The zero-order chi connectivity index (χ0) is 30.5. The van der Waals surface area contributed by atoms with Crippen molar-refractivity contribution in [2.24, 2.45) is 5.92 Å². The zero-order valence-corrected chi connectivity index (χ0v) is 22.9. The number of rotatable bonds is 8. The van der Waals surface area contributed by atoms with E-state index in [2.05, 4.69) is 5.32 Å². The molecule has 2 atom stereocenters. The van der Waals surface area contributed by atoms with Gasteiger partial charge < -0.3 is 24.4 Å². The number of esters is 1. The number of thiophene rings is 1. The van der Waals surface area contributed by atoms with Gasteiger partial charge in [0.25, 0.3) is 0 Å². The van der Waals surface area contributed by atoms with Crippen LogP contribution in [0.15, 0.2) is 66.0 Å². The summed E-state index contributed by atoms with van der Waals surface area (Å²) < 4.78 is 65.2. The third kappa shape index (κ3) is 7.91. The lowest BCUT2D eigenvalue weighted by atomic mass is 9.83. The van der Waals surface area contributed by atoms with Crippen molar-refractivity contribution in [1.29, 1.82) is 0 Å². The smallest absolute Gasteiger partial charge is 0.430 e. The van der Waals surface area contributed by atoms with Gasteiger partial charge in [0, 0.05) is 24.4 Å². The van der Waals surface area contributed by atoms with Crippen molar-refractivity contribution >= 4 is 34.7 Å². The number of hydrogen-bond donors (Lipinski definition) is 1. The highest BCUT2D eigenvalue weighted by Gasteiger charge is 2.49. The van der Waals surface area contributed by atoms with Gasteiger partial charge in [0.15, 0.2) is 12.1 Å². The highest BCUT2D eigenvalue weighted by molar-refractivity contribution is 7.12. The molecule has 2 aromatic carbocycles. The van der Waals surface area contributed by atoms with Crippen molar-refractivity contribution in [3.63, 3.8) is 0 Å². The second kappa shape index (κ2) is 13.0. The molecule has 3 saturated heterocycles. The van der Waals surface area contributed by atoms with E-state index in [1.165, 1.54) is 35.6 Å². The molecule has 3 aliphatic heterocycles. The number of carbonyl (C=O) groups is 3. The fourth-order valence-electron chi connectivity index (χ4n) is 5.26. The molecule has 0 spiro atoms. The molecule has 3 aromatic rings. The molecule has 4 heterocycles. The fraction of sp³-hybridized carbons (Fsp3) is 0.345. The van der Waals surface area contributed by atoms with Gasteiger partial charge in [-0.3, -0.25) is 4.79 Å². The number of alkyl halides is 3. The number of carbonyl (C=O) groups excluding carboxylic acids is 3. The van der Waals surface area contributed by atoms with E-state index in [4.69, 9.17) is 14.6 Å². The third-order valence-corrected chi connectivity index (χ3v) is 8.32. The van der Waals surface area contributed by atoms with Crippen LogP contribution in [0.2, 0.25) is 0 Å². The van der Waals surface area contributed by atoms with E-state index in [1.54, 1.807) is 24.3 Å². The summed E-state index contributed by atoms with van der Waals surface area (Å²) >= 11 is 1.45. The maximum Gasteiger partial charge on any atom is 0.430 e. The number of hydrogen-bond acceptors (Lipinski definition) is 7. The van der Waals surface area contributed by atoms with Crippen LogP contribution in [0.3, 0.4) is 0 Å². The Morgan fingerprint density at radius 1 is 0.976 bits per heavy atom. The molecule has 0 aliphatic carbocycles. The molecule has 6 rings (SSSR count). The highest BCUT2D eigenvalue weighted by atomic mass is 32.1. The first-order valence-corrected chi connectivity index (χ1v) is 13.9. The Labute approximate surface area is 242 Å². The summed E-state index contributed by atoms with van der Waals surface area (Å²) in [5, 5.41) is 13.8. The van der Waals surface area contributed by atoms with Gasteiger partial charge in [-0.15, -0.1) is 11.3 Å². The highest BCUT2D eigenvalue weighted by Crippen LogP contribution is 2.37. The second-order valence-electron chi connectivity index (χ2n) is 10.3. The lowest BCUT2D eigenvalue weighted by molar-refractivity contribution is -0.938. The standard InChI is InChI=1S/C27H27F2N2O3S.C2HF3O2/c28-20-5-3-19(4-6-20)26(30-22-9-7-21(29)8-10-22)27(33)34-24-17-31(13-11-18(24)12-14-31)16-23(32)25-2-1-15-35-25;3-2(4,5)1(6)7/h1-10,15,18,24,26,30H,11-14,16-17H2;(H,6,7)/q+1;/p-1/t18?,24-,26?,31?;/m0./s1. The average molecular weight is 611 g/mol. The molecule has 13 heteroatoms. The third-order valence-electron chi connectivity index (χ3n) is 7.41. The Kier molecular flexibility index (Phi) is 9.62. The summed E-state index contributed by atoms with van der Waals surface area (Å²) in [6.07, 6.45) is -3.68. The SMILES string of the molecule is O=C(C[N+]12CCC(CC1)[C@@H](OC(=O)C(Nc1ccc(F)cc1)c1ccc(F)cc1)C2)c1cccs1.O=C([O-])C(F)(F)F. The minimum atomic E-state index is -5.19. The van der Waals surface area contributed by atoms with Crippen molar-refractivity contribution in [2.45, 2.75) is 31.2 Å². The monoisotopic (exact) mass is 610 g/mol. The molecular formula is C29H27F5N2O5S. The number of halogens is 5. The van der Waals surface area contributed by atoms with E-state index in [1.807, 2.05) is 17.5 Å². The molecule has 0 radical (unpaired) electrons. The molecule has 0 amide bonds. The van der Waals surface area contributed by atoms with Crippen LogP contribution in [-0.4, -0.2) is 60.7 Å². The first kappa shape index (κ1) is 31.1. The summed E-state index contributed by atoms with van der Waals surface area (Å²) in [6, 6.07) is 14.2. The van der Waals surface area contributed by atoms with Crippen LogP contribution in [0.1, 0.15) is 34.1 Å². The van der Waals surface area contributed by atoms with Gasteiger partial charge >= 0.3 is 12.1 Å². The van der Waals surface area contributed by atoms with E-state index >= 15 is 0 Å². The largest absolute Gasteiger partial charge is 0.542 e. The lowest BCUT2D eigenvalue weighted by Crippen LogP contribution is -2.65. The van der Waals surface area contributed by atoms with Crippen LogP contribution in [0.5, 0.6) is 0 Å². The summed E-state index contributed by atoms with van der Waals surface area (Å²) in [7, 11) is 0. The number of ketones is 1. The maximum absolute atomic E-state index is 13.5. The van der Waals surface area contributed by atoms with Crippen molar-refractivity contribution in [3.05, 3.63) is 88.1 Å². The fourth-order valence-corrected chi connectivity index (χ4v) is 5.92. The first-order chi connectivity index (χ1) is 19.8. The minimum Gasteiger partial charge on any atom is -0.542 e. The number of quaternary nitrogens is 1. The van der Waals surface area contributed by atoms with Crippen molar-refractivity contribution in [1.82, 2.24) is 0 Å². The van der Waals surface area contributed by atoms with Crippen LogP contribution < -0.4 is 10.4 Å². The van der Waals surface area contributed by atoms with Gasteiger partial charge in [-0.25, -0.2) is 13.6 Å². The number of carboxylic acid groups (broad SMARTS) is 1. The Morgan fingerprint density at radius 2 is 1.55 bits per heavy atom. The number of fused-ring (bicyclic) bond motifs is 3. The number of benzene rings is 2. The molecule has 0 saturated carbocycles. The molecule has 3 fully saturated rings. The van der Waals surface area contributed by atoms with Crippen LogP contribution in [-0.2, 0) is 14.3 Å². The van der Waals surface area contributed by atoms with E-state index in [9.17, 15) is 31.5 Å². The Bertz CT molecular complexity index is 1370. The molecule has 2 bridgehead atoms. The summed E-state index contributed by atoms with van der Waals surface area (Å²) in [5.41, 5.74) is 1.11. The van der Waals surface area contributed by atoms with Crippen LogP contribution in [0.25, 0.3) is 0 Å². The van der Waals surface area contributed by atoms with Crippen molar-refractivity contribution in [3.8, 4) is 0 Å². The first-order valence-electron chi connectivity index (χ1n) is 13.0. The lowest BCUT2D eigenvalue weighted by Gasteiger charge is -2.51. The predicted octanol–water partition coefficient (Wildman–Crippen LogP) is 4.51. The van der Waals surface area contributed by atoms with Crippen LogP contribution in [0, 0.1) is 17.6 Å². The normalized spacial score (nSPS) is 21.9. The molecular weight excluding hydrogens is 583 g/mol. The predicted molar refractivity (Wildman–Crippen MR) is 141 cm³/mol. The average Bonchev–Trinajstić information content (AvgIpc) is 3.49. The zero-order valence-electron chi connectivity index (χ0n) is 22.1. The second-order valence-corrected chi connectivity index (χ2v) is 11.2. The minimum absolute atomic E-state index is 0.132. The summed E-state index contributed by atoms with van der Waals surface area (Å²) in [6.45, 7) is 2.84. The van der Waals surface area contributed by atoms with Gasteiger partial charge in [0.05, 0.1) is 18.0 Å². The van der Waals surface area contributed by atoms with Gasteiger partial charge in [0.2, 0.25) is 5.78 Å². The topological polar surface area (TPSA) is 95.5 Å². The maximum atomic E-state index is 13.5. The number of Topliss-reactive ketones (excluding diaryl/α,β-unsaturated/α-hetero) is 1. The Morgan fingerprint density at radius 3 is 2.07 bits per heavy atom. The number of nitrogens with one attached hydrogen (secondary N) is 1.